The van der Waals surface area contributed by atoms with E-state index in [1.807, 2.05) is 25.1 Å². The second kappa shape index (κ2) is 10.8. The Balaban J connectivity index is 1.51. The van der Waals surface area contributed by atoms with Crippen molar-refractivity contribution in [2.24, 2.45) is 0 Å². The number of hydrogen-bond donors (Lipinski definition) is 2. The molecular weight excluding hydrogens is 624 g/mol. The van der Waals surface area contributed by atoms with Crippen LogP contribution in [0.15, 0.2) is 61.8 Å². The third kappa shape index (κ3) is 5.29. The number of allylic oxidation sites excluding steroid dienone is 4. The van der Waals surface area contributed by atoms with Gasteiger partial charge in [-0.1, -0.05) is 33.6 Å². The number of Topliss-reactive ketones (excluding diaryl/α,β-unsaturated/α-hetero) is 2. The van der Waals surface area contributed by atoms with Crippen LogP contribution < -0.4 is 15.4 Å². The first-order chi connectivity index (χ1) is 17.7. The van der Waals surface area contributed by atoms with Crippen LogP contribution in [0.2, 0.25) is 5.02 Å². The second-order valence-electron chi connectivity index (χ2n) is 9.50. The number of carbonyl (C=O) groups is 3. The highest BCUT2D eigenvalue weighted by Crippen LogP contribution is 2.49. The molecule has 2 aromatic rings. The van der Waals surface area contributed by atoms with Crippen LogP contribution in [0, 0.1) is 6.92 Å². The Morgan fingerprint density at radius 2 is 1.68 bits per heavy atom. The van der Waals surface area contributed by atoms with Crippen molar-refractivity contribution in [3.8, 4) is 5.75 Å². The molecule has 1 heterocycles. The molecule has 0 saturated heterocycles. The number of aryl methyl sites for hydroxylation is 1. The molecule has 0 bridgehead atoms. The van der Waals surface area contributed by atoms with E-state index in [0.29, 0.717) is 50.5 Å². The van der Waals surface area contributed by atoms with Gasteiger partial charge in [-0.05, 0) is 78.4 Å². The van der Waals surface area contributed by atoms with Crippen molar-refractivity contribution in [1.29, 1.82) is 0 Å². The molecule has 1 amide bonds. The summed E-state index contributed by atoms with van der Waals surface area (Å²) in [6.07, 6.45) is 3.97. The first kappa shape index (κ1) is 26.2. The summed E-state index contributed by atoms with van der Waals surface area (Å²) in [5.41, 5.74) is 5.22. The lowest BCUT2D eigenvalue weighted by atomic mass is 9.71. The third-order valence-corrected chi connectivity index (χ3v) is 8.40. The molecule has 192 valence electrons. The van der Waals surface area contributed by atoms with Gasteiger partial charge in [0.1, 0.15) is 5.75 Å². The molecule has 0 aromatic heterocycles. The van der Waals surface area contributed by atoms with Crippen molar-refractivity contribution < 1.29 is 19.1 Å². The smallest absolute Gasteiger partial charge is 0.262 e. The molecule has 9 heteroatoms. The predicted octanol–water partition coefficient (Wildman–Crippen LogP) is 6.89. The number of amides is 1. The van der Waals surface area contributed by atoms with Gasteiger partial charge in [0.05, 0.1) is 4.47 Å². The fourth-order valence-corrected chi connectivity index (χ4v) is 6.80. The Kier molecular flexibility index (Phi) is 7.61. The minimum Gasteiger partial charge on any atom is -0.482 e. The monoisotopic (exact) mass is 646 g/mol. The van der Waals surface area contributed by atoms with Crippen LogP contribution in [-0.4, -0.2) is 24.1 Å². The number of dihydropyridines is 1. The lowest BCUT2D eigenvalue weighted by Gasteiger charge is -2.37. The molecule has 2 aliphatic carbocycles. The zero-order valence-electron chi connectivity index (χ0n) is 20.2. The first-order valence-corrected chi connectivity index (χ1v) is 14.2. The molecule has 0 spiro atoms. The predicted molar refractivity (Wildman–Crippen MR) is 150 cm³/mol. The van der Waals surface area contributed by atoms with E-state index in [1.54, 1.807) is 12.1 Å². The summed E-state index contributed by atoms with van der Waals surface area (Å²) in [5, 5.41) is 6.80. The van der Waals surface area contributed by atoms with Gasteiger partial charge >= 0.3 is 0 Å². The zero-order chi connectivity index (χ0) is 26.3. The van der Waals surface area contributed by atoms with Gasteiger partial charge in [0.15, 0.2) is 18.2 Å². The third-order valence-electron chi connectivity index (χ3n) is 6.94. The van der Waals surface area contributed by atoms with Crippen LogP contribution in [-0.2, 0) is 14.4 Å². The van der Waals surface area contributed by atoms with E-state index < -0.39 is 5.92 Å². The standard InChI is InChI=1S/C28H25Br2ClN2O4/c1-14-8-9-16(12-19(14)31)32-24(36)13-37-28-17(10-15(29)11-18(28)30)25-26-20(4-2-6-22(26)34)33-21-5-3-7-23(35)27(21)25/h8-12,25,33H,2-7,13H2,1H3,(H,32,36). The number of carbonyl (C=O) groups excluding carboxylic acids is 3. The summed E-state index contributed by atoms with van der Waals surface area (Å²) >= 11 is 13.3. The summed E-state index contributed by atoms with van der Waals surface area (Å²) in [6.45, 7) is 1.63. The van der Waals surface area contributed by atoms with E-state index in [9.17, 15) is 14.4 Å². The van der Waals surface area contributed by atoms with E-state index in [-0.39, 0.29) is 24.1 Å². The Morgan fingerprint density at radius 1 is 1.03 bits per heavy atom. The lowest BCUT2D eigenvalue weighted by molar-refractivity contribution is -0.119. The minimum absolute atomic E-state index is 0.0414. The Hall–Kier alpha value is -2.42. The Morgan fingerprint density at radius 3 is 2.30 bits per heavy atom. The number of nitrogens with one attached hydrogen (secondary N) is 2. The van der Waals surface area contributed by atoms with Crippen molar-refractivity contribution >= 4 is 66.6 Å². The van der Waals surface area contributed by atoms with E-state index >= 15 is 0 Å². The van der Waals surface area contributed by atoms with Crippen LogP contribution in [0.25, 0.3) is 0 Å². The fraction of sp³-hybridized carbons (Fsp3) is 0.321. The number of rotatable bonds is 5. The van der Waals surface area contributed by atoms with Crippen LogP contribution in [0.1, 0.15) is 55.6 Å². The van der Waals surface area contributed by atoms with Gasteiger partial charge in [0, 0.05) is 62.0 Å². The van der Waals surface area contributed by atoms with Gasteiger partial charge in [0.25, 0.3) is 5.91 Å². The number of halogens is 3. The van der Waals surface area contributed by atoms with Crippen LogP contribution in [0.5, 0.6) is 5.75 Å². The van der Waals surface area contributed by atoms with Crippen LogP contribution in [0.4, 0.5) is 5.69 Å². The van der Waals surface area contributed by atoms with Crippen molar-refractivity contribution in [2.75, 3.05) is 11.9 Å². The summed E-state index contributed by atoms with van der Waals surface area (Å²) in [6, 6.07) is 9.01. The number of ether oxygens (including phenoxy) is 1. The highest BCUT2D eigenvalue weighted by molar-refractivity contribution is 9.11. The maximum Gasteiger partial charge on any atom is 0.262 e. The second-order valence-corrected chi connectivity index (χ2v) is 11.7. The molecule has 0 fully saturated rings. The number of ketones is 2. The fourth-order valence-electron chi connectivity index (χ4n) is 5.25. The SMILES string of the molecule is Cc1ccc(NC(=O)COc2c(Br)cc(Br)cc2C2C3=C(CCCC3=O)NC3=C2C(=O)CCC3)cc1Cl. The normalized spacial score (nSPS) is 17.8. The van der Waals surface area contributed by atoms with Crippen molar-refractivity contribution in [3.63, 3.8) is 0 Å². The number of hydrogen-bond acceptors (Lipinski definition) is 5. The van der Waals surface area contributed by atoms with E-state index in [4.69, 9.17) is 16.3 Å². The summed E-state index contributed by atoms with van der Waals surface area (Å²) < 4.78 is 7.49. The molecule has 0 unspecified atom stereocenters. The number of anilines is 1. The molecule has 3 aliphatic rings. The van der Waals surface area contributed by atoms with Crippen molar-refractivity contribution in [3.05, 3.63) is 78.0 Å². The van der Waals surface area contributed by atoms with Gasteiger partial charge in [-0.15, -0.1) is 0 Å². The largest absolute Gasteiger partial charge is 0.482 e. The molecule has 6 nitrogen and oxygen atoms in total. The summed E-state index contributed by atoms with van der Waals surface area (Å²) in [7, 11) is 0. The Labute approximate surface area is 237 Å². The molecule has 2 aromatic carbocycles. The van der Waals surface area contributed by atoms with Gasteiger partial charge in [-0.25, -0.2) is 0 Å². The highest BCUT2D eigenvalue weighted by atomic mass is 79.9. The zero-order valence-corrected chi connectivity index (χ0v) is 24.1. The Bertz CT molecular complexity index is 1360. The summed E-state index contributed by atoms with van der Waals surface area (Å²) in [5.74, 6) is -0.384. The van der Waals surface area contributed by atoms with Gasteiger partial charge in [-0.3, -0.25) is 14.4 Å². The average molecular weight is 649 g/mol. The van der Waals surface area contributed by atoms with Gasteiger partial charge in [-0.2, -0.15) is 0 Å². The van der Waals surface area contributed by atoms with E-state index in [0.717, 1.165) is 47.1 Å². The van der Waals surface area contributed by atoms with Crippen molar-refractivity contribution in [2.45, 2.75) is 51.4 Å². The molecule has 0 saturated carbocycles. The van der Waals surface area contributed by atoms with E-state index in [1.165, 1.54) is 0 Å². The minimum atomic E-state index is -0.547. The lowest BCUT2D eigenvalue weighted by Crippen LogP contribution is -2.36. The highest BCUT2D eigenvalue weighted by Gasteiger charge is 2.41. The maximum absolute atomic E-state index is 13.2. The average Bonchev–Trinajstić information content (AvgIpc) is 2.84. The molecule has 1 aliphatic heterocycles. The summed E-state index contributed by atoms with van der Waals surface area (Å²) in [4.78, 5) is 39.2. The molecule has 2 N–H and O–H groups in total. The van der Waals surface area contributed by atoms with Crippen LogP contribution >= 0.6 is 43.5 Å². The molecular formula is C28H25Br2ClN2O4. The quantitative estimate of drug-likeness (QED) is 0.369. The first-order valence-electron chi connectivity index (χ1n) is 12.2. The van der Waals surface area contributed by atoms with Gasteiger partial charge in [0.2, 0.25) is 0 Å². The van der Waals surface area contributed by atoms with Gasteiger partial charge < -0.3 is 15.4 Å². The van der Waals surface area contributed by atoms with E-state index in [2.05, 4.69) is 42.5 Å². The maximum atomic E-state index is 13.2. The molecule has 0 atom stereocenters. The number of benzene rings is 2. The molecule has 0 radical (unpaired) electrons. The van der Waals surface area contributed by atoms with Crippen molar-refractivity contribution in [1.82, 2.24) is 5.32 Å². The van der Waals surface area contributed by atoms with Crippen LogP contribution in [0.3, 0.4) is 0 Å². The topological polar surface area (TPSA) is 84.5 Å². The molecule has 37 heavy (non-hydrogen) atoms. The molecule has 5 rings (SSSR count).